The van der Waals surface area contributed by atoms with E-state index in [2.05, 4.69) is 4.72 Å². The second-order valence-electron chi connectivity index (χ2n) is 4.58. The van der Waals surface area contributed by atoms with Gasteiger partial charge in [-0.1, -0.05) is 0 Å². The van der Waals surface area contributed by atoms with Crippen molar-refractivity contribution in [2.45, 2.75) is 19.4 Å². The largest absolute Gasteiger partial charge is 0.383 e. The third-order valence-electron chi connectivity index (χ3n) is 2.35. The Morgan fingerprint density at radius 3 is 1.94 bits per heavy atom. The molecule has 0 fully saturated rings. The summed E-state index contributed by atoms with van der Waals surface area (Å²) in [5.41, 5.74) is 4.84. The van der Waals surface area contributed by atoms with Gasteiger partial charge in [-0.05, 0) is 13.8 Å². The lowest BCUT2D eigenvalue weighted by molar-refractivity contribution is 0.149. The minimum atomic E-state index is -3.59. The monoisotopic (exact) mass is 283 g/mol. The van der Waals surface area contributed by atoms with Crippen molar-refractivity contribution in [3.8, 4) is 0 Å². The molecule has 0 aromatic carbocycles. The van der Waals surface area contributed by atoms with Crippen LogP contribution >= 0.6 is 0 Å². The Hall–Kier alpha value is -0.250. The van der Waals surface area contributed by atoms with Crippen LogP contribution in [0.15, 0.2) is 0 Å². The molecule has 0 aliphatic rings. The van der Waals surface area contributed by atoms with Gasteiger partial charge in [0.15, 0.2) is 0 Å². The van der Waals surface area contributed by atoms with E-state index in [4.69, 9.17) is 15.2 Å². The Labute approximate surface area is 110 Å². The van der Waals surface area contributed by atoms with Gasteiger partial charge in [-0.15, -0.1) is 0 Å². The Morgan fingerprint density at radius 1 is 1.17 bits per heavy atom. The zero-order valence-electron chi connectivity index (χ0n) is 11.6. The predicted molar refractivity (Wildman–Crippen MR) is 70.5 cm³/mol. The van der Waals surface area contributed by atoms with E-state index in [0.717, 1.165) is 0 Å². The fraction of sp³-hybridized carbons (Fsp3) is 1.00. The molecule has 0 aliphatic heterocycles. The van der Waals surface area contributed by atoms with Gasteiger partial charge in [-0.3, -0.25) is 0 Å². The van der Waals surface area contributed by atoms with Crippen molar-refractivity contribution in [2.75, 3.05) is 47.1 Å². The van der Waals surface area contributed by atoms with Gasteiger partial charge in [-0.25, -0.2) is 0 Å². The van der Waals surface area contributed by atoms with Crippen LogP contribution in [0.1, 0.15) is 13.8 Å². The van der Waals surface area contributed by atoms with Crippen molar-refractivity contribution in [2.24, 2.45) is 5.73 Å². The van der Waals surface area contributed by atoms with Crippen LogP contribution in [0.4, 0.5) is 0 Å². The van der Waals surface area contributed by atoms with Crippen LogP contribution in [0, 0.1) is 0 Å². The van der Waals surface area contributed by atoms with Gasteiger partial charge in [0.05, 0.1) is 13.2 Å². The van der Waals surface area contributed by atoms with Crippen LogP contribution < -0.4 is 10.5 Å². The smallest absolute Gasteiger partial charge is 0.280 e. The number of rotatable bonds is 10. The molecule has 0 aromatic rings. The highest BCUT2D eigenvalue weighted by molar-refractivity contribution is 7.87. The highest BCUT2D eigenvalue weighted by Crippen LogP contribution is 2.06. The van der Waals surface area contributed by atoms with Gasteiger partial charge in [0.2, 0.25) is 0 Å². The first-order valence-electron chi connectivity index (χ1n) is 5.76. The molecule has 0 heterocycles. The first kappa shape index (κ1) is 17.8. The second-order valence-corrected chi connectivity index (χ2v) is 6.25. The summed E-state index contributed by atoms with van der Waals surface area (Å²) in [4.78, 5) is 0. The highest BCUT2D eigenvalue weighted by atomic mass is 32.2. The van der Waals surface area contributed by atoms with E-state index in [9.17, 15) is 8.42 Å². The maximum absolute atomic E-state index is 12.2. The summed E-state index contributed by atoms with van der Waals surface area (Å²) in [6.45, 7) is 4.88. The van der Waals surface area contributed by atoms with Crippen LogP contribution in [0.3, 0.4) is 0 Å². The zero-order valence-corrected chi connectivity index (χ0v) is 12.4. The third-order valence-corrected chi connectivity index (χ3v) is 4.20. The van der Waals surface area contributed by atoms with Crippen molar-refractivity contribution < 1.29 is 17.9 Å². The quantitative estimate of drug-likeness (QED) is 0.545. The van der Waals surface area contributed by atoms with Crippen LogP contribution in [-0.2, 0) is 19.7 Å². The van der Waals surface area contributed by atoms with Crippen molar-refractivity contribution in [1.82, 2.24) is 9.03 Å². The molecule has 0 unspecified atom stereocenters. The van der Waals surface area contributed by atoms with Crippen molar-refractivity contribution in [3.05, 3.63) is 0 Å². The van der Waals surface area contributed by atoms with Crippen molar-refractivity contribution >= 4 is 10.2 Å². The summed E-state index contributed by atoms with van der Waals surface area (Å²) in [5, 5.41) is 0. The summed E-state index contributed by atoms with van der Waals surface area (Å²) in [6, 6.07) is 0. The summed E-state index contributed by atoms with van der Waals surface area (Å²) in [7, 11) is -0.541. The fourth-order valence-corrected chi connectivity index (χ4v) is 2.73. The molecule has 0 amide bonds. The molecular weight excluding hydrogens is 258 g/mol. The lowest BCUT2D eigenvalue weighted by Gasteiger charge is -2.29. The Bertz CT molecular complexity index is 311. The molecule has 8 heteroatoms. The van der Waals surface area contributed by atoms with E-state index >= 15 is 0 Å². The molecular formula is C10H25N3O4S. The molecule has 0 saturated heterocycles. The number of hydrogen-bond donors (Lipinski definition) is 2. The SMILES string of the molecule is COCCN(CCOC)S(=O)(=O)NC(C)(C)CN. The van der Waals surface area contributed by atoms with Crippen LogP contribution in [0.25, 0.3) is 0 Å². The van der Waals surface area contributed by atoms with Crippen molar-refractivity contribution in [3.63, 3.8) is 0 Å². The molecule has 7 nitrogen and oxygen atoms in total. The summed E-state index contributed by atoms with van der Waals surface area (Å²) < 4.78 is 38.0. The minimum absolute atomic E-state index is 0.217. The Morgan fingerprint density at radius 2 is 1.61 bits per heavy atom. The summed E-state index contributed by atoms with van der Waals surface area (Å²) in [6.07, 6.45) is 0. The molecule has 0 bridgehead atoms. The lowest BCUT2D eigenvalue weighted by atomic mass is 10.1. The average molecular weight is 283 g/mol. The van der Waals surface area contributed by atoms with Gasteiger partial charge < -0.3 is 15.2 Å². The first-order chi connectivity index (χ1) is 8.29. The van der Waals surface area contributed by atoms with E-state index in [-0.39, 0.29) is 19.6 Å². The number of ether oxygens (including phenoxy) is 2. The van der Waals surface area contributed by atoms with Gasteiger partial charge in [0, 0.05) is 39.4 Å². The van der Waals surface area contributed by atoms with Gasteiger partial charge in [-0.2, -0.15) is 17.4 Å². The predicted octanol–water partition coefficient (Wildman–Crippen LogP) is -0.847. The average Bonchev–Trinajstić information content (AvgIpc) is 2.27. The Kier molecular flexibility index (Phi) is 7.92. The number of nitrogens with zero attached hydrogens (tertiary/aromatic N) is 1. The Balaban J connectivity index is 4.73. The molecule has 0 atom stereocenters. The molecule has 0 radical (unpaired) electrons. The molecule has 0 saturated carbocycles. The maximum atomic E-state index is 12.2. The third kappa shape index (κ3) is 6.62. The lowest BCUT2D eigenvalue weighted by Crippen LogP contribution is -2.54. The number of nitrogens with one attached hydrogen (secondary N) is 1. The normalized spacial score (nSPS) is 13.2. The molecule has 0 spiro atoms. The number of methoxy groups -OCH3 is 2. The van der Waals surface area contributed by atoms with E-state index in [1.54, 1.807) is 13.8 Å². The number of hydrogen-bond acceptors (Lipinski definition) is 5. The van der Waals surface area contributed by atoms with E-state index in [1.807, 2.05) is 0 Å². The van der Waals surface area contributed by atoms with E-state index in [0.29, 0.717) is 13.2 Å². The van der Waals surface area contributed by atoms with Gasteiger partial charge >= 0.3 is 0 Å². The topological polar surface area (TPSA) is 93.9 Å². The summed E-state index contributed by atoms with van der Waals surface area (Å²) >= 11 is 0. The molecule has 3 N–H and O–H groups in total. The van der Waals surface area contributed by atoms with Gasteiger partial charge in [0.25, 0.3) is 10.2 Å². The number of nitrogens with two attached hydrogens (primary N) is 1. The van der Waals surface area contributed by atoms with E-state index < -0.39 is 15.7 Å². The molecule has 0 aliphatic carbocycles. The first-order valence-corrected chi connectivity index (χ1v) is 7.20. The van der Waals surface area contributed by atoms with Crippen LogP contribution in [0.2, 0.25) is 0 Å². The molecule has 18 heavy (non-hydrogen) atoms. The molecule has 0 rings (SSSR count). The maximum Gasteiger partial charge on any atom is 0.280 e. The van der Waals surface area contributed by atoms with E-state index in [1.165, 1.54) is 18.5 Å². The second kappa shape index (κ2) is 8.03. The minimum Gasteiger partial charge on any atom is -0.383 e. The fourth-order valence-electron chi connectivity index (χ4n) is 1.19. The molecule has 110 valence electrons. The van der Waals surface area contributed by atoms with Gasteiger partial charge in [0.1, 0.15) is 0 Å². The van der Waals surface area contributed by atoms with Crippen LogP contribution in [-0.4, -0.2) is 65.3 Å². The molecule has 0 aromatic heterocycles. The van der Waals surface area contributed by atoms with Crippen molar-refractivity contribution in [1.29, 1.82) is 0 Å². The zero-order chi connectivity index (χ0) is 14.2. The highest BCUT2D eigenvalue weighted by Gasteiger charge is 2.28. The van der Waals surface area contributed by atoms with Crippen LogP contribution in [0.5, 0.6) is 0 Å². The summed E-state index contributed by atoms with van der Waals surface area (Å²) in [5.74, 6) is 0. The standard InChI is InChI=1S/C10H25N3O4S/c1-10(2,9-11)12-18(14,15)13(5-7-16-3)6-8-17-4/h12H,5-9,11H2,1-4H3.